The van der Waals surface area contributed by atoms with Crippen molar-refractivity contribution >= 4 is 10.9 Å². The molecule has 0 amide bonds. The van der Waals surface area contributed by atoms with E-state index in [2.05, 4.69) is 29.4 Å². The van der Waals surface area contributed by atoms with Crippen LogP contribution in [0.5, 0.6) is 5.75 Å². The van der Waals surface area contributed by atoms with Crippen LogP contribution in [0, 0.1) is 11.8 Å². The first kappa shape index (κ1) is 33.1. The van der Waals surface area contributed by atoms with Crippen LogP contribution in [0.2, 0.25) is 0 Å². The van der Waals surface area contributed by atoms with Gasteiger partial charge in [0.15, 0.2) is 0 Å². The molecule has 2 aromatic carbocycles. The number of aromatic hydroxyl groups is 1. The van der Waals surface area contributed by atoms with Crippen LogP contribution in [-0.2, 0) is 15.1 Å². The fraction of sp³-hybridized carbons (Fsp3) is 0.595. The van der Waals surface area contributed by atoms with Crippen molar-refractivity contribution in [2.75, 3.05) is 45.9 Å². The summed E-state index contributed by atoms with van der Waals surface area (Å²) in [4.78, 5) is 14.4. The first-order valence-corrected chi connectivity index (χ1v) is 17.4. The molecule has 1 aromatic heterocycles. The number of piperidine rings is 3. The topological polar surface area (TPSA) is 124 Å². The molecule has 5 N–H and O–H groups in total. The first-order valence-electron chi connectivity index (χ1n) is 17.4. The SMILES string of the molecule is CCCC(NC[C@H](O)c1ccc(O)c2[nH]c(=O)ccc12)OCC[N+]12CCC(CC1)[C@@H](OCC(O)(c1ccccc1)C1CCCC1)C2. The number of phenols is 1. The van der Waals surface area contributed by atoms with Crippen LogP contribution in [0.3, 0.4) is 0 Å². The highest BCUT2D eigenvalue weighted by molar-refractivity contribution is 5.87. The summed E-state index contributed by atoms with van der Waals surface area (Å²) < 4.78 is 14.1. The molecular formula is C37H52N3O6+. The van der Waals surface area contributed by atoms with E-state index in [1.807, 2.05) is 18.2 Å². The minimum absolute atomic E-state index is 0.0219. The van der Waals surface area contributed by atoms with Crippen molar-refractivity contribution in [2.24, 2.45) is 11.8 Å². The Kier molecular flexibility index (Phi) is 10.5. The molecule has 2 unspecified atom stereocenters. The number of ether oxygens (including phenoxy) is 2. The summed E-state index contributed by atoms with van der Waals surface area (Å²) in [6, 6.07) is 16.4. The fourth-order valence-electron chi connectivity index (χ4n) is 8.32. The molecule has 1 saturated carbocycles. The predicted molar refractivity (Wildman–Crippen MR) is 178 cm³/mol. The van der Waals surface area contributed by atoms with Crippen LogP contribution in [0.1, 0.15) is 75.5 Å². The number of fused-ring (bicyclic) bond motifs is 4. The highest BCUT2D eigenvalue weighted by atomic mass is 16.5. The Morgan fingerprint density at radius 3 is 2.54 bits per heavy atom. The summed E-state index contributed by atoms with van der Waals surface area (Å²) in [5.74, 6) is 0.770. The first-order chi connectivity index (χ1) is 22.3. The molecule has 7 rings (SSSR count). The largest absolute Gasteiger partial charge is 0.506 e. The van der Waals surface area contributed by atoms with E-state index >= 15 is 0 Å². The van der Waals surface area contributed by atoms with Crippen molar-refractivity contribution in [3.63, 3.8) is 0 Å². The number of H-pyrrole nitrogens is 1. The van der Waals surface area contributed by atoms with Crippen molar-refractivity contribution in [1.82, 2.24) is 10.3 Å². The zero-order valence-electron chi connectivity index (χ0n) is 27.2. The lowest BCUT2D eigenvalue weighted by Gasteiger charge is -2.53. The summed E-state index contributed by atoms with van der Waals surface area (Å²) >= 11 is 0. The average molecular weight is 635 g/mol. The quantitative estimate of drug-likeness (QED) is 0.121. The third-order valence-electron chi connectivity index (χ3n) is 11.1. The molecule has 46 heavy (non-hydrogen) atoms. The Morgan fingerprint density at radius 1 is 1.04 bits per heavy atom. The van der Waals surface area contributed by atoms with Gasteiger partial charge >= 0.3 is 0 Å². The number of aromatic amines is 1. The number of aromatic nitrogens is 1. The Morgan fingerprint density at radius 2 is 1.80 bits per heavy atom. The van der Waals surface area contributed by atoms with Gasteiger partial charge in [-0.3, -0.25) is 10.1 Å². The molecule has 3 aromatic rings. The molecule has 0 spiro atoms. The maximum Gasteiger partial charge on any atom is 0.248 e. The van der Waals surface area contributed by atoms with Gasteiger partial charge < -0.3 is 34.3 Å². The van der Waals surface area contributed by atoms with Gasteiger partial charge in [0.1, 0.15) is 36.8 Å². The number of phenolic OH excluding ortho intramolecular Hbond substituents is 1. The number of benzene rings is 2. The highest BCUT2D eigenvalue weighted by Crippen LogP contribution is 2.42. The van der Waals surface area contributed by atoms with E-state index in [4.69, 9.17) is 9.47 Å². The Labute approximate surface area is 272 Å². The molecule has 9 heteroatoms. The Hall–Kier alpha value is -2.79. The van der Waals surface area contributed by atoms with Gasteiger partial charge in [0.05, 0.1) is 37.9 Å². The number of rotatable bonds is 15. The molecule has 4 fully saturated rings. The lowest BCUT2D eigenvalue weighted by molar-refractivity contribution is -0.946. The third-order valence-corrected chi connectivity index (χ3v) is 11.1. The molecule has 4 atom stereocenters. The van der Waals surface area contributed by atoms with Crippen molar-refractivity contribution in [2.45, 2.75) is 82.3 Å². The van der Waals surface area contributed by atoms with E-state index in [9.17, 15) is 20.1 Å². The number of pyridine rings is 1. The zero-order valence-corrected chi connectivity index (χ0v) is 27.2. The number of aliphatic hydroxyl groups excluding tert-OH is 1. The molecule has 9 nitrogen and oxygen atoms in total. The second kappa shape index (κ2) is 14.5. The molecular weight excluding hydrogens is 582 g/mol. The highest BCUT2D eigenvalue weighted by Gasteiger charge is 2.48. The van der Waals surface area contributed by atoms with Crippen LogP contribution in [0.25, 0.3) is 10.9 Å². The van der Waals surface area contributed by atoms with Gasteiger partial charge in [-0.2, -0.15) is 0 Å². The lowest BCUT2D eigenvalue weighted by Crippen LogP contribution is -2.65. The van der Waals surface area contributed by atoms with Crippen LogP contribution in [0.4, 0.5) is 0 Å². The molecule has 4 heterocycles. The number of hydrogen-bond acceptors (Lipinski definition) is 7. The van der Waals surface area contributed by atoms with Crippen LogP contribution >= 0.6 is 0 Å². The molecule has 3 saturated heterocycles. The standard InChI is InChI=1S/C37H51N3O6/c1-2-8-35(38-23-32(42)29-13-15-31(41)36-30(29)14-16-34(43)39-36)45-22-21-40-19-17-26(18-20-40)33(24-40)46-25-37(44,28-11-6-7-12-28)27-9-4-3-5-10-27/h3-5,9-10,13-16,26,28,32-33,35,38,42,44H,2,6-8,11-12,17-25H2,1H3,(H-,39,41,43)/p+1/t26?,32-,33-,35?,37?,40?/m0/s1. The second-order valence-corrected chi connectivity index (χ2v) is 14.0. The third kappa shape index (κ3) is 7.20. The normalized spacial score (nSPS) is 25.9. The van der Waals surface area contributed by atoms with Gasteiger partial charge in [0.25, 0.3) is 0 Å². The summed E-state index contributed by atoms with van der Waals surface area (Å²) in [5, 5.41) is 37.3. The maximum absolute atomic E-state index is 12.0. The van der Waals surface area contributed by atoms with Gasteiger partial charge in [0, 0.05) is 36.8 Å². The van der Waals surface area contributed by atoms with Gasteiger partial charge in [-0.15, -0.1) is 0 Å². The Balaban J connectivity index is 1.04. The monoisotopic (exact) mass is 634 g/mol. The van der Waals surface area contributed by atoms with Gasteiger partial charge in [-0.1, -0.05) is 62.6 Å². The van der Waals surface area contributed by atoms with Crippen molar-refractivity contribution < 1.29 is 29.3 Å². The number of nitrogens with one attached hydrogen (secondary N) is 2. The summed E-state index contributed by atoms with van der Waals surface area (Å²) in [7, 11) is 0. The van der Waals surface area contributed by atoms with Gasteiger partial charge in [-0.25, -0.2) is 0 Å². The van der Waals surface area contributed by atoms with E-state index in [0.717, 1.165) is 74.8 Å². The molecule has 250 valence electrons. The van der Waals surface area contributed by atoms with Crippen molar-refractivity contribution in [3.05, 3.63) is 76.1 Å². The van der Waals surface area contributed by atoms with E-state index in [-0.39, 0.29) is 36.1 Å². The molecule has 0 radical (unpaired) electrons. The summed E-state index contributed by atoms with van der Waals surface area (Å²) in [5.41, 5.74) is 0.706. The molecule has 4 aliphatic rings. The van der Waals surface area contributed by atoms with Crippen LogP contribution in [0.15, 0.2) is 59.4 Å². The molecule has 1 aliphatic carbocycles. The van der Waals surface area contributed by atoms with Crippen LogP contribution in [-0.4, -0.2) is 83.1 Å². The molecule has 2 bridgehead atoms. The van der Waals surface area contributed by atoms with E-state index < -0.39 is 11.7 Å². The fourth-order valence-corrected chi connectivity index (χ4v) is 8.32. The van der Waals surface area contributed by atoms with E-state index in [1.165, 1.54) is 25.0 Å². The minimum Gasteiger partial charge on any atom is -0.506 e. The lowest BCUT2D eigenvalue weighted by atomic mass is 9.80. The summed E-state index contributed by atoms with van der Waals surface area (Å²) in [6.07, 6.45) is 7.63. The number of aliphatic hydroxyl groups is 2. The molecule has 3 aliphatic heterocycles. The van der Waals surface area contributed by atoms with Gasteiger partial charge in [-0.05, 0) is 48.4 Å². The van der Waals surface area contributed by atoms with E-state index in [1.54, 1.807) is 12.1 Å². The van der Waals surface area contributed by atoms with Crippen LogP contribution < -0.4 is 10.9 Å². The Bertz CT molecular complexity index is 1480. The predicted octanol–water partition coefficient (Wildman–Crippen LogP) is 4.70. The van der Waals surface area contributed by atoms with Gasteiger partial charge in [0.2, 0.25) is 5.56 Å². The number of hydrogen-bond donors (Lipinski definition) is 5. The average Bonchev–Trinajstić information content (AvgIpc) is 3.63. The van der Waals surface area contributed by atoms with Crippen molar-refractivity contribution in [3.8, 4) is 5.75 Å². The minimum atomic E-state index is -0.939. The number of nitrogens with zero attached hydrogens (tertiary/aromatic N) is 1. The van der Waals surface area contributed by atoms with E-state index in [0.29, 0.717) is 35.6 Å². The van der Waals surface area contributed by atoms with Crippen molar-refractivity contribution in [1.29, 1.82) is 0 Å². The number of quaternary nitrogens is 1. The zero-order chi connectivity index (χ0) is 32.1. The second-order valence-electron chi connectivity index (χ2n) is 14.0. The smallest absolute Gasteiger partial charge is 0.248 e. The maximum atomic E-state index is 12.0. The summed E-state index contributed by atoms with van der Waals surface area (Å²) in [6.45, 7) is 7.54.